The Hall–Kier alpha value is -3.54. The van der Waals surface area contributed by atoms with Crippen LogP contribution in [0.25, 0.3) is 22.2 Å². The molecule has 5 nitrogen and oxygen atoms in total. The fourth-order valence-electron chi connectivity index (χ4n) is 4.32. The van der Waals surface area contributed by atoms with Crippen LogP contribution in [0.15, 0.2) is 91.0 Å². The van der Waals surface area contributed by atoms with Crippen LogP contribution < -0.4 is 5.32 Å². The molecule has 1 unspecified atom stereocenters. The van der Waals surface area contributed by atoms with Crippen LogP contribution in [-0.2, 0) is 4.74 Å². The molecule has 1 aliphatic rings. The summed E-state index contributed by atoms with van der Waals surface area (Å²) < 4.78 is 5.50. The van der Waals surface area contributed by atoms with Crippen molar-refractivity contribution < 1.29 is 9.53 Å². The molecular formula is C28H27N3O2. The first-order valence-electron chi connectivity index (χ1n) is 11.4. The Kier molecular flexibility index (Phi) is 6.42. The van der Waals surface area contributed by atoms with Crippen LogP contribution >= 0.6 is 0 Å². The van der Waals surface area contributed by atoms with E-state index in [0.717, 1.165) is 60.6 Å². The first-order valence-corrected chi connectivity index (χ1v) is 11.4. The number of morpholine rings is 1. The highest BCUT2D eigenvalue weighted by molar-refractivity contribution is 6.07. The van der Waals surface area contributed by atoms with Gasteiger partial charge in [-0.2, -0.15) is 0 Å². The van der Waals surface area contributed by atoms with Gasteiger partial charge in [0.1, 0.15) is 0 Å². The third-order valence-electron chi connectivity index (χ3n) is 6.08. The minimum absolute atomic E-state index is 0.0899. The van der Waals surface area contributed by atoms with E-state index in [4.69, 9.17) is 9.72 Å². The number of carbonyl (C=O) groups is 1. The monoisotopic (exact) mass is 437 g/mol. The summed E-state index contributed by atoms with van der Waals surface area (Å²) >= 11 is 0. The van der Waals surface area contributed by atoms with Crippen molar-refractivity contribution in [2.45, 2.75) is 6.04 Å². The third kappa shape index (κ3) is 4.95. The Morgan fingerprint density at radius 2 is 1.58 bits per heavy atom. The number of pyridine rings is 1. The van der Waals surface area contributed by atoms with Crippen LogP contribution in [0.2, 0.25) is 0 Å². The molecule has 4 aromatic rings. The Balaban J connectivity index is 1.49. The second-order valence-electron chi connectivity index (χ2n) is 8.29. The van der Waals surface area contributed by atoms with Gasteiger partial charge in [-0.15, -0.1) is 0 Å². The van der Waals surface area contributed by atoms with E-state index in [2.05, 4.69) is 22.3 Å². The van der Waals surface area contributed by atoms with Gasteiger partial charge in [0.15, 0.2) is 0 Å². The molecule has 2 heterocycles. The van der Waals surface area contributed by atoms with Crippen LogP contribution in [0, 0.1) is 0 Å². The number of aromatic nitrogens is 1. The topological polar surface area (TPSA) is 54.5 Å². The number of nitrogens with one attached hydrogen (secondary N) is 1. The fraction of sp³-hybridized carbons (Fsp3) is 0.214. The Labute approximate surface area is 194 Å². The van der Waals surface area contributed by atoms with Gasteiger partial charge in [-0.1, -0.05) is 78.9 Å². The van der Waals surface area contributed by atoms with Crippen LogP contribution in [0.4, 0.5) is 0 Å². The van der Waals surface area contributed by atoms with Crippen molar-refractivity contribution in [3.05, 3.63) is 102 Å². The van der Waals surface area contributed by atoms with E-state index in [1.165, 1.54) is 0 Å². The number of amides is 1. The van der Waals surface area contributed by atoms with Crippen molar-refractivity contribution in [3.63, 3.8) is 0 Å². The summed E-state index contributed by atoms with van der Waals surface area (Å²) in [4.78, 5) is 20.9. The van der Waals surface area contributed by atoms with Gasteiger partial charge >= 0.3 is 0 Å². The predicted molar refractivity (Wildman–Crippen MR) is 131 cm³/mol. The minimum atomic E-state index is -0.121. The molecule has 166 valence electrons. The number of hydrogen-bond donors (Lipinski definition) is 1. The predicted octanol–water partition coefficient (Wildman–Crippen LogP) is 4.71. The molecule has 33 heavy (non-hydrogen) atoms. The van der Waals surface area contributed by atoms with E-state index < -0.39 is 0 Å². The highest BCUT2D eigenvalue weighted by Crippen LogP contribution is 2.26. The molecule has 0 saturated carbocycles. The lowest BCUT2D eigenvalue weighted by Crippen LogP contribution is -2.43. The van der Waals surface area contributed by atoms with Gasteiger partial charge < -0.3 is 10.1 Å². The number of fused-ring (bicyclic) bond motifs is 1. The van der Waals surface area contributed by atoms with Gasteiger partial charge in [0, 0.05) is 30.6 Å². The lowest BCUT2D eigenvalue weighted by Gasteiger charge is -2.31. The van der Waals surface area contributed by atoms with Gasteiger partial charge in [0.2, 0.25) is 0 Å². The van der Waals surface area contributed by atoms with Crippen molar-refractivity contribution in [2.75, 3.05) is 32.8 Å². The molecule has 0 radical (unpaired) electrons. The first-order chi connectivity index (χ1) is 16.3. The SMILES string of the molecule is O=C(NC(CN1CCOCC1)c1ccccc1)c1cc(-c2ccccc2)nc2ccccc12. The van der Waals surface area contributed by atoms with Crippen LogP contribution in [-0.4, -0.2) is 48.6 Å². The minimum Gasteiger partial charge on any atom is -0.379 e. The summed E-state index contributed by atoms with van der Waals surface area (Å²) in [5.41, 5.74) is 4.34. The lowest BCUT2D eigenvalue weighted by atomic mass is 10.0. The average molecular weight is 438 g/mol. The van der Waals surface area contributed by atoms with Crippen molar-refractivity contribution in [1.82, 2.24) is 15.2 Å². The summed E-state index contributed by atoms with van der Waals surface area (Å²) in [5.74, 6) is -0.0899. The molecular weight excluding hydrogens is 410 g/mol. The number of nitrogens with zero attached hydrogens (tertiary/aromatic N) is 2. The van der Waals surface area contributed by atoms with Crippen LogP contribution in [0.3, 0.4) is 0 Å². The van der Waals surface area contributed by atoms with Crippen molar-refractivity contribution >= 4 is 16.8 Å². The van der Waals surface area contributed by atoms with E-state index in [1.807, 2.05) is 78.9 Å². The number of hydrogen-bond acceptors (Lipinski definition) is 4. The maximum Gasteiger partial charge on any atom is 0.252 e. The second-order valence-corrected chi connectivity index (χ2v) is 8.29. The molecule has 0 bridgehead atoms. The Bertz CT molecular complexity index is 1220. The van der Waals surface area contributed by atoms with E-state index in [-0.39, 0.29) is 11.9 Å². The fourth-order valence-corrected chi connectivity index (χ4v) is 4.32. The Morgan fingerprint density at radius 3 is 2.33 bits per heavy atom. The maximum atomic E-state index is 13.7. The molecule has 1 aliphatic heterocycles. The molecule has 5 rings (SSSR count). The second kappa shape index (κ2) is 9.94. The smallest absolute Gasteiger partial charge is 0.252 e. The first kappa shape index (κ1) is 21.3. The quantitative estimate of drug-likeness (QED) is 0.475. The summed E-state index contributed by atoms with van der Waals surface area (Å²) in [7, 11) is 0. The normalized spacial score (nSPS) is 15.3. The summed E-state index contributed by atoms with van der Waals surface area (Å²) in [5, 5.41) is 4.17. The molecule has 0 spiro atoms. The average Bonchev–Trinajstić information content (AvgIpc) is 2.89. The van der Waals surface area contributed by atoms with Crippen LogP contribution in [0.5, 0.6) is 0 Å². The zero-order valence-corrected chi connectivity index (χ0v) is 18.5. The lowest BCUT2D eigenvalue weighted by molar-refractivity contribution is 0.0332. The number of carbonyl (C=O) groups excluding carboxylic acids is 1. The van der Waals surface area contributed by atoms with E-state index in [0.29, 0.717) is 5.56 Å². The number of para-hydroxylation sites is 1. The van der Waals surface area contributed by atoms with Gasteiger partial charge in [-0.05, 0) is 17.7 Å². The molecule has 1 aromatic heterocycles. The highest BCUT2D eigenvalue weighted by Gasteiger charge is 2.22. The van der Waals surface area contributed by atoms with E-state index in [1.54, 1.807) is 0 Å². The maximum absolute atomic E-state index is 13.7. The van der Waals surface area contributed by atoms with Gasteiger partial charge in [-0.3, -0.25) is 9.69 Å². The van der Waals surface area contributed by atoms with Gasteiger partial charge in [0.25, 0.3) is 5.91 Å². The van der Waals surface area contributed by atoms with Gasteiger partial charge in [0.05, 0.1) is 36.0 Å². The molecule has 1 fully saturated rings. The molecule has 5 heteroatoms. The molecule has 3 aromatic carbocycles. The van der Waals surface area contributed by atoms with Crippen molar-refractivity contribution in [1.29, 1.82) is 0 Å². The standard InChI is InChI=1S/C28H27N3O2/c32-28(30-27(22-11-5-2-6-12-22)20-31-15-17-33-18-16-31)24-19-26(21-9-3-1-4-10-21)29-25-14-8-7-13-23(24)25/h1-14,19,27H,15-18,20H2,(H,30,32). The van der Waals surface area contributed by atoms with Crippen LogP contribution in [0.1, 0.15) is 22.0 Å². The largest absolute Gasteiger partial charge is 0.379 e. The molecule has 1 atom stereocenters. The summed E-state index contributed by atoms with van der Waals surface area (Å²) in [6.45, 7) is 3.94. The molecule has 1 N–H and O–H groups in total. The zero-order valence-electron chi connectivity index (χ0n) is 18.5. The van der Waals surface area contributed by atoms with Crippen molar-refractivity contribution in [3.8, 4) is 11.3 Å². The molecule has 1 amide bonds. The number of benzene rings is 3. The highest BCUT2D eigenvalue weighted by atomic mass is 16.5. The third-order valence-corrected chi connectivity index (χ3v) is 6.08. The Morgan fingerprint density at radius 1 is 0.909 bits per heavy atom. The number of ether oxygens (including phenoxy) is 1. The van der Waals surface area contributed by atoms with Gasteiger partial charge in [-0.25, -0.2) is 4.98 Å². The van der Waals surface area contributed by atoms with E-state index in [9.17, 15) is 4.79 Å². The molecule has 1 saturated heterocycles. The zero-order chi connectivity index (χ0) is 22.5. The number of rotatable bonds is 6. The van der Waals surface area contributed by atoms with Crippen molar-refractivity contribution in [2.24, 2.45) is 0 Å². The molecule has 0 aliphatic carbocycles. The summed E-state index contributed by atoms with van der Waals surface area (Å²) in [6, 6.07) is 29.8. The van der Waals surface area contributed by atoms with E-state index >= 15 is 0 Å². The summed E-state index contributed by atoms with van der Waals surface area (Å²) in [6.07, 6.45) is 0.